The van der Waals surface area contributed by atoms with Gasteiger partial charge in [-0.2, -0.15) is 0 Å². The number of benzene rings is 1. The van der Waals surface area contributed by atoms with Gasteiger partial charge in [0.25, 0.3) is 5.89 Å². The van der Waals surface area contributed by atoms with Crippen molar-refractivity contribution in [2.45, 2.75) is 25.5 Å². The number of hydrogen-bond donors (Lipinski definition) is 1. The molecule has 0 bridgehead atoms. The second-order valence-corrected chi connectivity index (χ2v) is 7.40. The van der Waals surface area contributed by atoms with Crippen molar-refractivity contribution in [2.24, 2.45) is 5.92 Å². The first kappa shape index (κ1) is 16.4. The molecule has 3 aromatic rings. The molecule has 1 aromatic carbocycles. The van der Waals surface area contributed by atoms with Crippen LogP contribution in [0.25, 0.3) is 10.8 Å². The van der Waals surface area contributed by atoms with E-state index in [2.05, 4.69) is 15.1 Å². The van der Waals surface area contributed by atoms with Gasteiger partial charge in [-0.05, 0) is 48.9 Å². The molecule has 1 aliphatic rings. The summed E-state index contributed by atoms with van der Waals surface area (Å²) in [4.78, 5) is 3.32. The lowest BCUT2D eigenvalue weighted by molar-refractivity contribution is 0.0544. The third kappa shape index (κ3) is 3.81. The van der Waals surface area contributed by atoms with Gasteiger partial charge >= 0.3 is 0 Å². The zero-order valence-corrected chi connectivity index (χ0v) is 14.7. The molecule has 5 nitrogen and oxygen atoms in total. The van der Waals surface area contributed by atoms with Gasteiger partial charge in [0.2, 0.25) is 5.89 Å². The smallest absolute Gasteiger partial charge is 0.257 e. The SMILES string of the molecule is OC(c1ccccc1)C1CCN(Cc2nnc(-c3cccs3)o2)CC1. The Hall–Kier alpha value is -2.02. The van der Waals surface area contributed by atoms with E-state index in [1.807, 2.05) is 47.8 Å². The van der Waals surface area contributed by atoms with Crippen LogP contribution in [0.15, 0.2) is 52.3 Å². The fourth-order valence-electron chi connectivity index (χ4n) is 3.36. The lowest BCUT2D eigenvalue weighted by atomic mass is 9.87. The van der Waals surface area contributed by atoms with E-state index in [1.165, 1.54) is 0 Å². The predicted octanol–water partition coefficient (Wildman–Crippen LogP) is 3.74. The van der Waals surface area contributed by atoms with Crippen LogP contribution in [0.2, 0.25) is 0 Å². The van der Waals surface area contributed by atoms with Crippen LogP contribution in [0.1, 0.15) is 30.4 Å². The van der Waals surface area contributed by atoms with Crippen LogP contribution >= 0.6 is 11.3 Å². The number of piperidine rings is 1. The molecule has 0 aliphatic carbocycles. The van der Waals surface area contributed by atoms with E-state index in [-0.39, 0.29) is 6.10 Å². The average molecular weight is 355 g/mol. The first-order valence-electron chi connectivity index (χ1n) is 8.61. The highest BCUT2D eigenvalue weighted by Gasteiger charge is 2.27. The average Bonchev–Trinajstić information content (AvgIpc) is 3.34. The van der Waals surface area contributed by atoms with Crippen LogP contribution in [0.5, 0.6) is 0 Å². The zero-order chi connectivity index (χ0) is 17.1. The summed E-state index contributed by atoms with van der Waals surface area (Å²) in [5.41, 5.74) is 1.01. The molecule has 1 saturated heterocycles. The summed E-state index contributed by atoms with van der Waals surface area (Å²) in [6.45, 7) is 2.54. The number of aromatic nitrogens is 2. The maximum absolute atomic E-state index is 10.6. The van der Waals surface area contributed by atoms with Crippen molar-refractivity contribution in [1.29, 1.82) is 0 Å². The van der Waals surface area contributed by atoms with Gasteiger partial charge in [0, 0.05) is 0 Å². The second-order valence-electron chi connectivity index (χ2n) is 6.45. The van der Waals surface area contributed by atoms with E-state index in [1.54, 1.807) is 11.3 Å². The Morgan fingerprint density at radius 3 is 2.64 bits per heavy atom. The molecule has 0 radical (unpaired) electrons. The minimum Gasteiger partial charge on any atom is -0.419 e. The molecular weight excluding hydrogens is 334 g/mol. The van der Waals surface area contributed by atoms with Crippen molar-refractivity contribution in [3.63, 3.8) is 0 Å². The first-order valence-corrected chi connectivity index (χ1v) is 9.49. The molecule has 6 heteroatoms. The van der Waals surface area contributed by atoms with Gasteiger partial charge in [-0.3, -0.25) is 4.90 Å². The van der Waals surface area contributed by atoms with Crippen molar-refractivity contribution in [2.75, 3.05) is 13.1 Å². The molecule has 1 atom stereocenters. The molecule has 1 fully saturated rings. The minimum atomic E-state index is -0.378. The van der Waals surface area contributed by atoms with E-state index in [9.17, 15) is 5.11 Å². The Labute approximate surface area is 150 Å². The molecule has 4 rings (SSSR count). The summed E-state index contributed by atoms with van der Waals surface area (Å²) in [6.07, 6.45) is 1.57. The quantitative estimate of drug-likeness (QED) is 0.755. The van der Waals surface area contributed by atoms with E-state index in [0.717, 1.165) is 36.4 Å². The van der Waals surface area contributed by atoms with Crippen LogP contribution in [0.3, 0.4) is 0 Å². The number of nitrogens with zero attached hydrogens (tertiary/aromatic N) is 3. The van der Waals surface area contributed by atoms with E-state index in [0.29, 0.717) is 24.2 Å². The second kappa shape index (κ2) is 7.47. The van der Waals surface area contributed by atoms with Gasteiger partial charge < -0.3 is 9.52 Å². The molecular formula is C19H21N3O2S. The van der Waals surface area contributed by atoms with Crippen molar-refractivity contribution in [3.05, 3.63) is 59.3 Å². The fraction of sp³-hybridized carbons (Fsp3) is 0.368. The van der Waals surface area contributed by atoms with E-state index >= 15 is 0 Å². The van der Waals surface area contributed by atoms with E-state index < -0.39 is 0 Å². The maximum atomic E-state index is 10.6. The highest BCUT2D eigenvalue weighted by molar-refractivity contribution is 7.13. The molecule has 1 aliphatic heterocycles. The Morgan fingerprint density at radius 1 is 1.12 bits per heavy atom. The molecule has 3 heterocycles. The monoisotopic (exact) mass is 355 g/mol. The molecule has 25 heavy (non-hydrogen) atoms. The number of aliphatic hydroxyl groups is 1. The highest BCUT2D eigenvalue weighted by atomic mass is 32.1. The van der Waals surface area contributed by atoms with Crippen LogP contribution in [0, 0.1) is 5.92 Å². The molecule has 0 spiro atoms. The topological polar surface area (TPSA) is 62.4 Å². The summed E-state index contributed by atoms with van der Waals surface area (Å²) in [6, 6.07) is 13.9. The Balaban J connectivity index is 1.32. The van der Waals surface area contributed by atoms with E-state index in [4.69, 9.17) is 4.42 Å². The van der Waals surface area contributed by atoms with Crippen molar-refractivity contribution in [1.82, 2.24) is 15.1 Å². The number of thiophene rings is 1. The summed E-state index contributed by atoms with van der Waals surface area (Å²) in [5.74, 6) is 1.56. The van der Waals surface area contributed by atoms with Gasteiger partial charge in [0.1, 0.15) is 0 Å². The molecule has 130 valence electrons. The number of rotatable bonds is 5. The van der Waals surface area contributed by atoms with Gasteiger partial charge in [-0.15, -0.1) is 21.5 Å². The third-order valence-corrected chi connectivity index (χ3v) is 5.64. The van der Waals surface area contributed by atoms with Crippen LogP contribution in [0.4, 0.5) is 0 Å². The number of likely N-dealkylation sites (tertiary alicyclic amines) is 1. The molecule has 1 unspecified atom stereocenters. The zero-order valence-electron chi connectivity index (χ0n) is 13.9. The van der Waals surface area contributed by atoms with Crippen LogP contribution in [-0.2, 0) is 6.54 Å². The standard InChI is InChI=1S/C19H21N3O2S/c23-18(14-5-2-1-3-6-14)15-8-10-22(11-9-15)13-17-20-21-19(24-17)16-7-4-12-25-16/h1-7,12,15,18,23H,8-11,13H2. The third-order valence-electron chi connectivity index (χ3n) is 4.78. The summed E-state index contributed by atoms with van der Waals surface area (Å²) in [5, 5.41) is 20.9. The molecule has 2 aromatic heterocycles. The van der Waals surface area contributed by atoms with Gasteiger partial charge in [0.15, 0.2) is 0 Å². The molecule has 0 saturated carbocycles. The lowest BCUT2D eigenvalue weighted by Gasteiger charge is -2.33. The van der Waals surface area contributed by atoms with Crippen molar-refractivity contribution in [3.8, 4) is 10.8 Å². The Kier molecular flexibility index (Phi) is 4.92. The fourth-order valence-corrected chi connectivity index (χ4v) is 4.00. The van der Waals surface area contributed by atoms with Gasteiger partial charge in [-0.1, -0.05) is 36.4 Å². The predicted molar refractivity (Wildman–Crippen MR) is 97.0 cm³/mol. The molecule has 1 N–H and O–H groups in total. The lowest BCUT2D eigenvalue weighted by Crippen LogP contribution is -2.35. The number of hydrogen-bond acceptors (Lipinski definition) is 6. The summed E-state index contributed by atoms with van der Waals surface area (Å²) < 4.78 is 5.77. The van der Waals surface area contributed by atoms with Crippen LogP contribution < -0.4 is 0 Å². The van der Waals surface area contributed by atoms with Gasteiger partial charge in [0.05, 0.1) is 17.5 Å². The Morgan fingerprint density at radius 2 is 1.92 bits per heavy atom. The largest absolute Gasteiger partial charge is 0.419 e. The minimum absolute atomic E-state index is 0.308. The van der Waals surface area contributed by atoms with Crippen LogP contribution in [-0.4, -0.2) is 33.3 Å². The van der Waals surface area contributed by atoms with Crippen molar-refractivity contribution >= 4 is 11.3 Å². The highest BCUT2D eigenvalue weighted by Crippen LogP contribution is 2.31. The summed E-state index contributed by atoms with van der Waals surface area (Å²) >= 11 is 1.60. The van der Waals surface area contributed by atoms with Crippen molar-refractivity contribution < 1.29 is 9.52 Å². The Bertz CT molecular complexity index is 780. The summed E-state index contributed by atoms with van der Waals surface area (Å²) in [7, 11) is 0. The maximum Gasteiger partial charge on any atom is 0.257 e. The normalized spacial score (nSPS) is 17.6. The number of aliphatic hydroxyl groups excluding tert-OH is 1. The molecule has 0 amide bonds. The first-order chi connectivity index (χ1) is 12.3. The van der Waals surface area contributed by atoms with Gasteiger partial charge in [-0.25, -0.2) is 0 Å².